The molecule has 31 heavy (non-hydrogen) atoms. The standard InChI is InChI=1S/C22H16F4N4O/c1-11-7-18(20-29-30-21(31-20)27-15-4-2-3-14(23)10-15)28-19-16(11)8-13(12-5-6-12)9-17(19)22(24,25)26/h2-4,7-10,12H,5-6H2,1H3,(H,27,30). The van der Waals surface area contributed by atoms with Gasteiger partial charge in [-0.2, -0.15) is 13.2 Å². The lowest BCUT2D eigenvalue weighted by molar-refractivity contribution is -0.136. The van der Waals surface area contributed by atoms with Gasteiger partial charge in [0.25, 0.3) is 5.89 Å². The van der Waals surface area contributed by atoms with Crippen molar-refractivity contribution < 1.29 is 22.0 Å². The lowest BCUT2D eigenvalue weighted by Gasteiger charge is -2.14. The molecular weight excluding hydrogens is 412 g/mol. The van der Waals surface area contributed by atoms with E-state index in [1.165, 1.54) is 24.3 Å². The van der Waals surface area contributed by atoms with Crippen molar-refractivity contribution in [2.75, 3.05) is 5.32 Å². The third-order valence-electron chi connectivity index (χ3n) is 5.22. The number of halogens is 4. The van der Waals surface area contributed by atoms with Gasteiger partial charge in [0, 0.05) is 11.1 Å². The molecule has 4 aromatic rings. The van der Waals surface area contributed by atoms with Gasteiger partial charge in [-0.1, -0.05) is 11.2 Å². The Labute approximate surface area is 174 Å². The Morgan fingerprint density at radius 1 is 1.06 bits per heavy atom. The Hall–Kier alpha value is -3.49. The van der Waals surface area contributed by atoms with E-state index in [4.69, 9.17) is 4.42 Å². The van der Waals surface area contributed by atoms with Crippen molar-refractivity contribution in [1.82, 2.24) is 15.2 Å². The molecule has 1 saturated carbocycles. The maximum absolute atomic E-state index is 13.8. The Balaban J connectivity index is 1.56. The van der Waals surface area contributed by atoms with E-state index in [-0.39, 0.29) is 29.0 Å². The number of pyridine rings is 1. The molecule has 5 nitrogen and oxygen atoms in total. The zero-order chi connectivity index (χ0) is 21.8. The van der Waals surface area contributed by atoms with Crippen molar-refractivity contribution >= 4 is 22.6 Å². The highest BCUT2D eigenvalue weighted by Crippen LogP contribution is 2.45. The lowest BCUT2D eigenvalue weighted by Crippen LogP contribution is -2.08. The van der Waals surface area contributed by atoms with E-state index in [9.17, 15) is 17.6 Å². The van der Waals surface area contributed by atoms with Gasteiger partial charge in [-0.05, 0) is 73.2 Å². The van der Waals surface area contributed by atoms with Crippen LogP contribution in [-0.2, 0) is 6.18 Å². The van der Waals surface area contributed by atoms with E-state index in [1.54, 1.807) is 25.1 Å². The van der Waals surface area contributed by atoms with Crippen LogP contribution in [0.3, 0.4) is 0 Å². The summed E-state index contributed by atoms with van der Waals surface area (Å²) in [4.78, 5) is 4.22. The van der Waals surface area contributed by atoms with Gasteiger partial charge in [-0.3, -0.25) is 0 Å². The number of aryl methyl sites for hydroxylation is 1. The number of alkyl halides is 3. The Kier molecular flexibility index (Phi) is 4.42. The fourth-order valence-corrected chi connectivity index (χ4v) is 3.56. The van der Waals surface area contributed by atoms with E-state index in [0.717, 1.165) is 12.8 Å². The summed E-state index contributed by atoms with van der Waals surface area (Å²) >= 11 is 0. The molecular formula is C22H16F4N4O. The van der Waals surface area contributed by atoms with Gasteiger partial charge in [0.1, 0.15) is 11.5 Å². The van der Waals surface area contributed by atoms with E-state index in [2.05, 4.69) is 20.5 Å². The average Bonchev–Trinajstić information content (AvgIpc) is 3.46. The van der Waals surface area contributed by atoms with Crippen LogP contribution in [0.25, 0.3) is 22.5 Å². The molecule has 0 unspecified atom stereocenters. The normalized spacial score (nSPS) is 14.2. The summed E-state index contributed by atoms with van der Waals surface area (Å²) in [6, 6.07) is 10.2. The molecule has 1 N–H and O–H groups in total. The van der Waals surface area contributed by atoms with Crippen LogP contribution in [0.15, 0.2) is 46.9 Å². The van der Waals surface area contributed by atoms with Crippen LogP contribution in [0.2, 0.25) is 0 Å². The van der Waals surface area contributed by atoms with Gasteiger partial charge in [0.05, 0.1) is 11.1 Å². The molecule has 9 heteroatoms. The van der Waals surface area contributed by atoms with Gasteiger partial charge >= 0.3 is 12.2 Å². The van der Waals surface area contributed by atoms with Crippen LogP contribution in [0, 0.1) is 12.7 Å². The second-order valence-corrected chi connectivity index (χ2v) is 7.61. The highest BCUT2D eigenvalue weighted by Gasteiger charge is 2.36. The van der Waals surface area contributed by atoms with Crippen molar-refractivity contribution in [3.63, 3.8) is 0 Å². The number of hydrogen-bond acceptors (Lipinski definition) is 5. The quantitative estimate of drug-likeness (QED) is 0.383. The van der Waals surface area contributed by atoms with Crippen molar-refractivity contribution in [3.05, 3.63) is 65.0 Å². The summed E-state index contributed by atoms with van der Waals surface area (Å²) in [5.41, 5.74) is 0.932. The summed E-state index contributed by atoms with van der Waals surface area (Å²) in [6.07, 6.45) is -2.74. The van der Waals surface area contributed by atoms with Crippen molar-refractivity contribution in [2.24, 2.45) is 0 Å². The fourth-order valence-electron chi connectivity index (χ4n) is 3.56. The largest absolute Gasteiger partial charge is 0.418 e. The Bertz CT molecular complexity index is 1290. The van der Waals surface area contributed by atoms with Crippen LogP contribution in [0.1, 0.15) is 35.4 Å². The molecule has 0 aliphatic heterocycles. The molecule has 0 amide bonds. The maximum atomic E-state index is 13.8. The van der Waals surface area contributed by atoms with Gasteiger partial charge in [0.15, 0.2) is 0 Å². The topological polar surface area (TPSA) is 63.8 Å². The van der Waals surface area contributed by atoms with Crippen LogP contribution < -0.4 is 5.32 Å². The van der Waals surface area contributed by atoms with Gasteiger partial charge < -0.3 is 9.73 Å². The number of aromatic nitrogens is 3. The first-order valence-corrected chi connectivity index (χ1v) is 9.67. The number of fused-ring (bicyclic) bond motifs is 1. The molecule has 0 saturated heterocycles. The molecule has 1 fully saturated rings. The van der Waals surface area contributed by atoms with E-state index in [0.29, 0.717) is 22.2 Å². The minimum absolute atomic E-state index is 0.0275. The highest BCUT2D eigenvalue weighted by molar-refractivity contribution is 5.88. The van der Waals surface area contributed by atoms with Crippen LogP contribution in [0.5, 0.6) is 0 Å². The summed E-state index contributed by atoms with van der Waals surface area (Å²) in [5.74, 6) is -0.304. The molecule has 158 valence electrons. The first-order valence-electron chi connectivity index (χ1n) is 9.67. The minimum atomic E-state index is -4.54. The van der Waals surface area contributed by atoms with Crippen LogP contribution in [0.4, 0.5) is 29.3 Å². The maximum Gasteiger partial charge on any atom is 0.418 e. The number of hydrogen-bond donors (Lipinski definition) is 1. The SMILES string of the molecule is Cc1cc(-c2nnc(Nc3cccc(F)c3)o2)nc2c(C(F)(F)F)cc(C3CC3)cc12. The van der Waals surface area contributed by atoms with Gasteiger partial charge in [-0.25, -0.2) is 9.37 Å². The molecule has 0 radical (unpaired) electrons. The van der Waals surface area contributed by atoms with E-state index in [1.807, 2.05) is 0 Å². The molecule has 1 aliphatic carbocycles. The monoisotopic (exact) mass is 428 g/mol. The number of nitrogens with zero attached hydrogens (tertiary/aromatic N) is 3. The zero-order valence-electron chi connectivity index (χ0n) is 16.3. The molecule has 2 aromatic carbocycles. The fraction of sp³-hybridized carbons (Fsp3) is 0.227. The second kappa shape index (κ2) is 7.04. The molecule has 2 heterocycles. The first-order chi connectivity index (χ1) is 14.8. The number of benzene rings is 2. The molecule has 0 spiro atoms. The van der Waals surface area contributed by atoms with Gasteiger partial charge in [-0.15, -0.1) is 5.10 Å². The predicted molar refractivity (Wildman–Crippen MR) is 106 cm³/mol. The van der Waals surface area contributed by atoms with Crippen molar-refractivity contribution in [1.29, 1.82) is 0 Å². The first kappa shape index (κ1) is 19.5. The highest BCUT2D eigenvalue weighted by atomic mass is 19.4. The van der Waals surface area contributed by atoms with Crippen LogP contribution in [-0.4, -0.2) is 15.2 Å². The van der Waals surface area contributed by atoms with E-state index >= 15 is 0 Å². The molecule has 1 aliphatic rings. The Morgan fingerprint density at radius 2 is 1.87 bits per heavy atom. The lowest BCUT2D eigenvalue weighted by atomic mass is 9.98. The Morgan fingerprint density at radius 3 is 2.58 bits per heavy atom. The third-order valence-corrected chi connectivity index (χ3v) is 5.22. The summed E-state index contributed by atoms with van der Waals surface area (Å²) < 4.78 is 60.2. The third kappa shape index (κ3) is 3.83. The van der Waals surface area contributed by atoms with Gasteiger partial charge in [0.2, 0.25) is 0 Å². The molecule has 0 bridgehead atoms. The number of nitrogens with one attached hydrogen (secondary N) is 1. The zero-order valence-corrected chi connectivity index (χ0v) is 16.3. The number of rotatable bonds is 4. The second-order valence-electron chi connectivity index (χ2n) is 7.61. The summed E-state index contributed by atoms with van der Waals surface area (Å²) in [5, 5.41) is 10.9. The van der Waals surface area contributed by atoms with E-state index < -0.39 is 17.6 Å². The molecule has 0 atom stereocenters. The van der Waals surface area contributed by atoms with Crippen molar-refractivity contribution in [2.45, 2.75) is 31.9 Å². The molecule has 5 rings (SSSR count). The minimum Gasteiger partial charge on any atom is -0.401 e. The summed E-state index contributed by atoms with van der Waals surface area (Å²) in [7, 11) is 0. The number of anilines is 2. The van der Waals surface area contributed by atoms with Crippen LogP contribution >= 0.6 is 0 Å². The average molecular weight is 428 g/mol. The molecule has 2 aromatic heterocycles. The smallest absolute Gasteiger partial charge is 0.401 e. The van der Waals surface area contributed by atoms with Crippen molar-refractivity contribution in [3.8, 4) is 11.6 Å². The summed E-state index contributed by atoms with van der Waals surface area (Å²) in [6.45, 7) is 1.73. The predicted octanol–water partition coefficient (Wildman–Crippen LogP) is 6.37.